The zero-order valence-electron chi connectivity index (χ0n) is 8.80. The van der Waals surface area contributed by atoms with Gasteiger partial charge in [-0.05, 0) is 35.7 Å². The van der Waals surface area contributed by atoms with Gasteiger partial charge in [-0.1, -0.05) is 5.11 Å². The molecule has 5 heteroatoms. The smallest absolute Gasteiger partial charge is 0.122 e. The van der Waals surface area contributed by atoms with E-state index in [0.29, 0.717) is 13.0 Å². The van der Waals surface area contributed by atoms with Crippen molar-refractivity contribution >= 4 is 0 Å². The molecule has 0 aromatic heterocycles. The van der Waals surface area contributed by atoms with Crippen LogP contribution >= 0.6 is 0 Å². The first kappa shape index (κ1) is 11.2. The molecule has 0 N–H and O–H groups in total. The van der Waals surface area contributed by atoms with Gasteiger partial charge in [0, 0.05) is 11.5 Å². The molecule has 0 aliphatic rings. The fraction of sp³-hybridized carbons (Fsp3) is 0.400. The molecule has 1 rings (SSSR count). The average molecular weight is 207 g/mol. The minimum absolute atomic E-state index is 0.417. The Kier molecular flexibility index (Phi) is 4.31. The normalized spacial score (nSPS) is 9.20. The Morgan fingerprint density at radius 1 is 1.33 bits per heavy atom. The molecule has 1 aromatic rings. The highest BCUT2D eigenvalue weighted by molar-refractivity contribution is 5.40. The van der Waals surface area contributed by atoms with E-state index in [1.165, 1.54) is 0 Å². The molecule has 0 saturated heterocycles. The maximum Gasteiger partial charge on any atom is 0.122 e. The van der Waals surface area contributed by atoms with Gasteiger partial charge in [0.05, 0.1) is 14.2 Å². The Morgan fingerprint density at radius 2 is 2.13 bits per heavy atom. The van der Waals surface area contributed by atoms with E-state index < -0.39 is 0 Å². The molecule has 1 aromatic carbocycles. The van der Waals surface area contributed by atoms with Gasteiger partial charge in [0.1, 0.15) is 11.5 Å². The maximum atomic E-state index is 8.17. The molecule has 0 aliphatic carbocycles. The lowest BCUT2D eigenvalue weighted by molar-refractivity contribution is 0.399. The molecule has 0 heterocycles. The van der Waals surface area contributed by atoms with E-state index in [1.54, 1.807) is 14.2 Å². The first-order valence-corrected chi connectivity index (χ1v) is 4.53. The summed E-state index contributed by atoms with van der Waals surface area (Å²) in [6.07, 6.45) is 0.643. The lowest BCUT2D eigenvalue weighted by atomic mass is 10.1. The minimum Gasteiger partial charge on any atom is -0.497 e. The van der Waals surface area contributed by atoms with Crippen molar-refractivity contribution in [2.75, 3.05) is 20.8 Å². The van der Waals surface area contributed by atoms with Crippen molar-refractivity contribution in [2.45, 2.75) is 6.42 Å². The summed E-state index contributed by atoms with van der Waals surface area (Å²) >= 11 is 0. The molecule has 0 aliphatic heterocycles. The highest BCUT2D eigenvalue weighted by atomic mass is 16.5. The summed E-state index contributed by atoms with van der Waals surface area (Å²) in [6, 6.07) is 5.55. The number of ether oxygens (including phenoxy) is 2. The predicted octanol–water partition coefficient (Wildman–Crippen LogP) is 2.56. The van der Waals surface area contributed by atoms with Crippen LogP contribution in [0.1, 0.15) is 5.56 Å². The Morgan fingerprint density at radius 3 is 2.73 bits per heavy atom. The molecule has 80 valence electrons. The first-order valence-electron chi connectivity index (χ1n) is 4.53. The van der Waals surface area contributed by atoms with Crippen molar-refractivity contribution in [3.05, 3.63) is 34.2 Å². The van der Waals surface area contributed by atoms with Gasteiger partial charge in [0.2, 0.25) is 0 Å². The Labute approximate surface area is 88.3 Å². The second-order valence-electron chi connectivity index (χ2n) is 2.88. The molecular formula is C10H13N3O2. The Bertz CT molecular complexity index is 373. The fourth-order valence-electron chi connectivity index (χ4n) is 1.29. The average Bonchev–Trinajstić information content (AvgIpc) is 2.29. The molecule has 0 atom stereocenters. The van der Waals surface area contributed by atoms with Crippen molar-refractivity contribution < 1.29 is 9.47 Å². The van der Waals surface area contributed by atoms with Crippen LogP contribution in [0.4, 0.5) is 0 Å². The predicted molar refractivity (Wildman–Crippen MR) is 57.3 cm³/mol. The van der Waals surface area contributed by atoms with Gasteiger partial charge in [-0.25, -0.2) is 0 Å². The van der Waals surface area contributed by atoms with Crippen LogP contribution in [0.15, 0.2) is 23.3 Å². The third-order valence-corrected chi connectivity index (χ3v) is 2.03. The van der Waals surface area contributed by atoms with E-state index in [9.17, 15) is 0 Å². The Balaban J connectivity index is 2.85. The van der Waals surface area contributed by atoms with E-state index in [0.717, 1.165) is 17.1 Å². The third kappa shape index (κ3) is 3.07. The second kappa shape index (κ2) is 5.78. The molecule has 0 radical (unpaired) electrons. The second-order valence-corrected chi connectivity index (χ2v) is 2.88. The largest absolute Gasteiger partial charge is 0.497 e. The summed E-state index contributed by atoms with van der Waals surface area (Å²) in [5.74, 6) is 1.55. The van der Waals surface area contributed by atoms with Gasteiger partial charge in [-0.3, -0.25) is 0 Å². The Hall–Kier alpha value is -1.87. The summed E-state index contributed by atoms with van der Waals surface area (Å²) in [5, 5.41) is 3.48. The van der Waals surface area contributed by atoms with Crippen LogP contribution in [0.3, 0.4) is 0 Å². The van der Waals surface area contributed by atoms with Crippen LogP contribution in [0.5, 0.6) is 11.5 Å². The molecule has 0 fully saturated rings. The minimum atomic E-state index is 0.417. The molecular weight excluding hydrogens is 194 g/mol. The third-order valence-electron chi connectivity index (χ3n) is 2.03. The maximum absolute atomic E-state index is 8.17. The molecule has 5 nitrogen and oxygen atoms in total. The van der Waals surface area contributed by atoms with Crippen molar-refractivity contribution in [3.8, 4) is 11.5 Å². The van der Waals surface area contributed by atoms with Crippen LogP contribution in [-0.4, -0.2) is 20.8 Å². The number of hydrogen-bond acceptors (Lipinski definition) is 3. The van der Waals surface area contributed by atoms with E-state index in [4.69, 9.17) is 15.0 Å². The summed E-state index contributed by atoms with van der Waals surface area (Å²) < 4.78 is 10.3. The fourth-order valence-corrected chi connectivity index (χ4v) is 1.29. The lowest BCUT2D eigenvalue weighted by Crippen LogP contribution is -1.95. The monoisotopic (exact) mass is 207 g/mol. The standard InChI is InChI=1S/C10H13N3O2/c1-14-9-3-4-10(15-2)8(7-9)5-6-12-13-11/h3-4,7H,5-6H2,1-2H3. The zero-order valence-corrected chi connectivity index (χ0v) is 8.80. The lowest BCUT2D eigenvalue weighted by Gasteiger charge is -2.08. The van der Waals surface area contributed by atoms with Crippen molar-refractivity contribution in [3.63, 3.8) is 0 Å². The van der Waals surface area contributed by atoms with E-state index in [2.05, 4.69) is 10.0 Å². The van der Waals surface area contributed by atoms with E-state index in [1.807, 2.05) is 18.2 Å². The highest BCUT2D eigenvalue weighted by Crippen LogP contribution is 2.24. The number of methoxy groups -OCH3 is 2. The highest BCUT2D eigenvalue weighted by Gasteiger charge is 2.03. The zero-order chi connectivity index (χ0) is 11.1. The van der Waals surface area contributed by atoms with Crippen LogP contribution in [0.2, 0.25) is 0 Å². The van der Waals surface area contributed by atoms with Crippen LogP contribution < -0.4 is 9.47 Å². The van der Waals surface area contributed by atoms with Gasteiger partial charge in [0.15, 0.2) is 0 Å². The topological polar surface area (TPSA) is 67.2 Å². The van der Waals surface area contributed by atoms with Gasteiger partial charge in [0.25, 0.3) is 0 Å². The summed E-state index contributed by atoms with van der Waals surface area (Å²) in [6.45, 7) is 0.417. The molecule has 15 heavy (non-hydrogen) atoms. The number of azide groups is 1. The number of hydrogen-bond donors (Lipinski definition) is 0. The van der Waals surface area contributed by atoms with Gasteiger partial charge >= 0.3 is 0 Å². The molecule has 0 saturated carbocycles. The summed E-state index contributed by atoms with van der Waals surface area (Å²) in [5.41, 5.74) is 9.15. The van der Waals surface area contributed by atoms with Crippen molar-refractivity contribution in [1.29, 1.82) is 0 Å². The van der Waals surface area contributed by atoms with Crippen LogP contribution in [0, 0.1) is 0 Å². The SMILES string of the molecule is COc1ccc(OC)c(CCN=[N+]=[N-])c1. The van der Waals surface area contributed by atoms with Gasteiger partial charge in [-0.15, -0.1) is 0 Å². The van der Waals surface area contributed by atoms with Crippen LogP contribution in [-0.2, 0) is 6.42 Å². The molecule has 0 spiro atoms. The number of benzene rings is 1. The summed E-state index contributed by atoms with van der Waals surface area (Å²) in [7, 11) is 3.22. The van der Waals surface area contributed by atoms with E-state index in [-0.39, 0.29) is 0 Å². The molecule has 0 bridgehead atoms. The first-order chi connectivity index (χ1) is 7.31. The quantitative estimate of drug-likeness (QED) is 0.423. The number of rotatable bonds is 5. The summed E-state index contributed by atoms with van der Waals surface area (Å²) in [4.78, 5) is 2.70. The molecule has 0 amide bonds. The van der Waals surface area contributed by atoms with Gasteiger partial charge in [-0.2, -0.15) is 0 Å². The van der Waals surface area contributed by atoms with Crippen molar-refractivity contribution in [1.82, 2.24) is 0 Å². The van der Waals surface area contributed by atoms with E-state index >= 15 is 0 Å². The van der Waals surface area contributed by atoms with Crippen LogP contribution in [0.25, 0.3) is 10.4 Å². The molecule has 0 unspecified atom stereocenters. The van der Waals surface area contributed by atoms with Crippen molar-refractivity contribution in [2.24, 2.45) is 5.11 Å². The number of nitrogens with zero attached hydrogens (tertiary/aromatic N) is 3. The van der Waals surface area contributed by atoms with Gasteiger partial charge < -0.3 is 9.47 Å².